The number of benzene rings is 1. The number of halogens is 3. The second kappa shape index (κ2) is 6.03. The molecule has 1 unspecified atom stereocenters. The van der Waals surface area contributed by atoms with E-state index in [0.29, 0.717) is 29.5 Å². The van der Waals surface area contributed by atoms with E-state index in [-0.39, 0.29) is 18.1 Å². The zero-order valence-electron chi connectivity index (χ0n) is 12.4. The fraction of sp³-hybridized carbons (Fsp3) is 0.500. The lowest BCUT2D eigenvalue weighted by molar-refractivity contribution is -0.149. The number of ether oxygens (including phenoxy) is 1. The van der Waals surface area contributed by atoms with Gasteiger partial charge in [0, 0.05) is 6.42 Å². The van der Waals surface area contributed by atoms with E-state index in [0.717, 1.165) is 6.07 Å². The number of carbonyl (C=O) groups excluding carboxylic acids is 1. The van der Waals surface area contributed by atoms with Gasteiger partial charge in [0.1, 0.15) is 11.9 Å². The number of esters is 1. The molecule has 1 aliphatic carbocycles. The van der Waals surface area contributed by atoms with E-state index in [2.05, 4.69) is 4.18 Å². The molecule has 0 amide bonds. The minimum Gasteiger partial charge on any atom is -0.457 e. The van der Waals surface area contributed by atoms with Crippen molar-refractivity contribution in [2.45, 2.75) is 44.7 Å². The van der Waals surface area contributed by atoms with E-state index in [1.807, 2.05) is 0 Å². The maximum Gasteiger partial charge on any atom is 0.534 e. The summed E-state index contributed by atoms with van der Waals surface area (Å²) in [6.07, 6.45) is 0.712. The van der Waals surface area contributed by atoms with Gasteiger partial charge in [-0.3, -0.25) is 4.79 Å². The van der Waals surface area contributed by atoms with E-state index in [9.17, 15) is 26.4 Å². The molecule has 0 N–H and O–H groups in total. The minimum atomic E-state index is -5.71. The van der Waals surface area contributed by atoms with Crippen LogP contribution in [0.15, 0.2) is 12.1 Å². The molecule has 0 aromatic heterocycles. The Morgan fingerprint density at radius 1 is 1.35 bits per heavy atom. The lowest BCUT2D eigenvalue weighted by Gasteiger charge is -2.16. The maximum absolute atomic E-state index is 12.4. The average Bonchev–Trinajstić information content (AvgIpc) is 2.84. The van der Waals surface area contributed by atoms with E-state index in [4.69, 9.17) is 4.74 Å². The SMILES string of the molecule is CCC(=O)OC1CCc2c1ccc(OS(=O)(=O)C(F)(F)F)c2C. The Hall–Kier alpha value is -1.77. The molecule has 0 bridgehead atoms. The Morgan fingerprint density at radius 3 is 2.57 bits per heavy atom. The molecule has 1 aromatic rings. The molecule has 2 rings (SSSR count). The first-order valence-electron chi connectivity index (χ1n) is 6.89. The van der Waals surface area contributed by atoms with E-state index < -0.39 is 21.7 Å². The monoisotopic (exact) mass is 352 g/mol. The van der Waals surface area contributed by atoms with Gasteiger partial charge in [-0.2, -0.15) is 21.6 Å². The fourth-order valence-corrected chi connectivity index (χ4v) is 2.95. The van der Waals surface area contributed by atoms with Crippen LogP contribution in [-0.4, -0.2) is 19.9 Å². The summed E-state index contributed by atoms with van der Waals surface area (Å²) in [5.74, 6) is -0.746. The van der Waals surface area contributed by atoms with Crippen LogP contribution in [0.5, 0.6) is 5.75 Å². The van der Waals surface area contributed by atoms with Gasteiger partial charge in [0.05, 0.1) is 0 Å². The van der Waals surface area contributed by atoms with Gasteiger partial charge >= 0.3 is 21.6 Å². The standard InChI is InChI=1S/C14H15F3O5S/c1-3-13(18)21-12-7-4-9-8(2)11(6-5-10(9)12)22-23(19,20)14(15,16)17/h5-6,12H,3-4,7H2,1-2H3. The van der Waals surface area contributed by atoms with Gasteiger partial charge in [-0.1, -0.05) is 13.0 Å². The van der Waals surface area contributed by atoms with Crippen molar-refractivity contribution in [3.63, 3.8) is 0 Å². The number of alkyl halides is 3. The van der Waals surface area contributed by atoms with E-state index >= 15 is 0 Å². The Bertz CT molecular complexity index is 725. The van der Waals surface area contributed by atoms with Crippen LogP contribution in [0, 0.1) is 6.92 Å². The Kier molecular flexibility index (Phi) is 4.61. The largest absolute Gasteiger partial charge is 0.534 e. The van der Waals surface area contributed by atoms with Gasteiger partial charge in [0.25, 0.3) is 0 Å². The van der Waals surface area contributed by atoms with Crippen LogP contribution in [0.3, 0.4) is 0 Å². The van der Waals surface area contributed by atoms with Gasteiger partial charge in [-0.15, -0.1) is 0 Å². The van der Waals surface area contributed by atoms with Crippen molar-refractivity contribution >= 4 is 16.1 Å². The predicted octanol–water partition coefficient (Wildman–Crippen LogP) is 3.16. The Morgan fingerprint density at radius 2 is 2.00 bits per heavy atom. The molecule has 1 aliphatic rings. The van der Waals surface area contributed by atoms with Crippen LogP contribution >= 0.6 is 0 Å². The van der Waals surface area contributed by atoms with Crippen LogP contribution in [0.1, 0.15) is 42.6 Å². The molecule has 0 saturated carbocycles. The van der Waals surface area contributed by atoms with Crippen LogP contribution in [-0.2, 0) is 26.1 Å². The third kappa shape index (κ3) is 3.44. The molecule has 0 radical (unpaired) electrons. The summed E-state index contributed by atoms with van der Waals surface area (Å²) in [4.78, 5) is 11.4. The zero-order chi connectivity index (χ0) is 17.4. The van der Waals surface area contributed by atoms with E-state index in [1.165, 1.54) is 13.0 Å². The molecule has 0 heterocycles. The van der Waals surface area contributed by atoms with Crippen LogP contribution < -0.4 is 4.18 Å². The predicted molar refractivity (Wildman–Crippen MR) is 74.2 cm³/mol. The van der Waals surface area contributed by atoms with E-state index in [1.54, 1.807) is 6.92 Å². The van der Waals surface area contributed by atoms with Crippen molar-refractivity contribution in [1.29, 1.82) is 0 Å². The van der Waals surface area contributed by atoms with Crippen molar-refractivity contribution < 1.29 is 35.3 Å². The van der Waals surface area contributed by atoms with Crippen LogP contribution in [0.4, 0.5) is 13.2 Å². The van der Waals surface area contributed by atoms with Gasteiger partial charge in [-0.25, -0.2) is 0 Å². The van der Waals surface area contributed by atoms with Crippen LogP contribution in [0.25, 0.3) is 0 Å². The summed E-state index contributed by atoms with van der Waals surface area (Å²) in [7, 11) is -5.71. The molecular formula is C14H15F3O5S. The number of rotatable bonds is 4. The number of fused-ring (bicyclic) bond motifs is 1. The first-order valence-corrected chi connectivity index (χ1v) is 8.30. The number of hydrogen-bond acceptors (Lipinski definition) is 5. The van der Waals surface area contributed by atoms with Gasteiger partial charge < -0.3 is 8.92 Å². The molecule has 23 heavy (non-hydrogen) atoms. The highest BCUT2D eigenvalue weighted by molar-refractivity contribution is 7.88. The molecular weight excluding hydrogens is 337 g/mol. The Balaban J connectivity index is 2.30. The quantitative estimate of drug-likeness (QED) is 0.473. The highest BCUT2D eigenvalue weighted by atomic mass is 32.2. The highest BCUT2D eigenvalue weighted by Crippen LogP contribution is 2.40. The second-order valence-corrected chi connectivity index (χ2v) is 6.65. The first kappa shape index (κ1) is 17.6. The molecule has 128 valence electrons. The summed E-state index contributed by atoms with van der Waals surface area (Å²) in [5.41, 5.74) is -3.88. The van der Waals surface area contributed by atoms with Crippen molar-refractivity contribution in [2.75, 3.05) is 0 Å². The van der Waals surface area contributed by atoms with Crippen molar-refractivity contribution in [3.05, 3.63) is 28.8 Å². The second-order valence-electron chi connectivity index (χ2n) is 5.11. The molecule has 0 saturated heterocycles. The Labute approximate surface area is 131 Å². The molecule has 5 nitrogen and oxygen atoms in total. The van der Waals surface area contributed by atoms with Gasteiger partial charge in [-0.05, 0) is 42.5 Å². The third-order valence-electron chi connectivity index (χ3n) is 3.63. The summed E-state index contributed by atoms with van der Waals surface area (Å²) < 4.78 is 68.9. The summed E-state index contributed by atoms with van der Waals surface area (Å²) in [5, 5.41) is 0. The lowest BCUT2D eigenvalue weighted by Crippen LogP contribution is -2.28. The molecule has 1 aromatic carbocycles. The van der Waals surface area contributed by atoms with Crippen molar-refractivity contribution in [3.8, 4) is 5.75 Å². The van der Waals surface area contributed by atoms with Crippen LogP contribution in [0.2, 0.25) is 0 Å². The number of hydrogen-bond donors (Lipinski definition) is 0. The minimum absolute atomic E-state index is 0.218. The van der Waals surface area contributed by atoms with Gasteiger partial charge in [0.2, 0.25) is 0 Å². The average molecular weight is 352 g/mol. The molecule has 0 spiro atoms. The summed E-state index contributed by atoms with van der Waals surface area (Å²) in [6, 6.07) is 2.58. The van der Waals surface area contributed by atoms with Gasteiger partial charge in [0.15, 0.2) is 0 Å². The lowest BCUT2D eigenvalue weighted by atomic mass is 10.0. The zero-order valence-corrected chi connectivity index (χ0v) is 13.3. The molecule has 0 aliphatic heterocycles. The third-order valence-corrected chi connectivity index (χ3v) is 4.60. The summed E-state index contributed by atoms with van der Waals surface area (Å²) in [6.45, 7) is 3.13. The van der Waals surface area contributed by atoms with Crippen molar-refractivity contribution in [1.82, 2.24) is 0 Å². The molecule has 1 atom stereocenters. The fourth-order valence-electron chi connectivity index (χ4n) is 2.44. The smallest absolute Gasteiger partial charge is 0.457 e. The topological polar surface area (TPSA) is 69.7 Å². The summed E-state index contributed by atoms with van der Waals surface area (Å²) >= 11 is 0. The number of carbonyl (C=O) groups is 1. The highest BCUT2D eigenvalue weighted by Gasteiger charge is 2.48. The maximum atomic E-state index is 12.4. The van der Waals surface area contributed by atoms with Crippen molar-refractivity contribution in [2.24, 2.45) is 0 Å². The first-order chi connectivity index (χ1) is 10.6. The molecule has 0 fully saturated rings. The normalized spacial score (nSPS) is 17.7. The molecule has 9 heteroatoms.